The van der Waals surface area contributed by atoms with E-state index in [9.17, 15) is 0 Å². The molecule has 20 heavy (non-hydrogen) atoms. The molecule has 2 heterocycles. The highest BCUT2D eigenvalue weighted by Crippen LogP contribution is 2.25. The lowest BCUT2D eigenvalue weighted by Gasteiger charge is -2.33. The molecule has 2 aliphatic heterocycles. The minimum atomic E-state index is 0.322. The van der Waals surface area contributed by atoms with Crippen molar-refractivity contribution in [3.8, 4) is 0 Å². The van der Waals surface area contributed by atoms with E-state index >= 15 is 0 Å². The molecule has 1 aromatic carbocycles. The van der Waals surface area contributed by atoms with Crippen LogP contribution in [0.25, 0.3) is 0 Å². The molecular weight excluding hydrogens is 248 g/mol. The first-order chi connectivity index (χ1) is 9.86. The van der Waals surface area contributed by atoms with E-state index in [1.54, 1.807) is 9.80 Å². The summed E-state index contributed by atoms with van der Waals surface area (Å²) in [5.41, 5.74) is 2.94. The predicted octanol–water partition coefficient (Wildman–Crippen LogP) is -0.506. The Morgan fingerprint density at radius 2 is 1.85 bits per heavy atom. The fraction of sp³-hybridized carbons (Fsp3) is 0.647. The molecular formula is C17H28N2O+2. The summed E-state index contributed by atoms with van der Waals surface area (Å²) in [6.07, 6.45) is 2.71. The topological polar surface area (TPSA) is 18.1 Å². The molecule has 0 amide bonds. The third-order valence-electron chi connectivity index (χ3n) is 4.83. The van der Waals surface area contributed by atoms with Gasteiger partial charge in [0, 0.05) is 0 Å². The van der Waals surface area contributed by atoms with Crippen molar-refractivity contribution in [3.63, 3.8) is 0 Å². The Bertz CT molecular complexity index is 427. The van der Waals surface area contributed by atoms with Gasteiger partial charge in [-0.1, -0.05) is 31.2 Å². The summed E-state index contributed by atoms with van der Waals surface area (Å²) in [5.74, 6) is 0. The van der Waals surface area contributed by atoms with Crippen LogP contribution < -0.4 is 9.80 Å². The molecule has 0 bridgehead atoms. The fourth-order valence-electron chi connectivity index (χ4n) is 3.67. The van der Waals surface area contributed by atoms with E-state index in [0.29, 0.717) is 6.10 Å². The highest BCUT2D eigenvalue weighted by atomic mass is 16.5. The minimum absolute atomic E-state index is 0.322. The number of ether oxygens (including phenoxy) is 1. The molecule has 1 atom stereocenters. The summed E-state index contributed by atoms with van der Waals surface area (Å²) >= 11 is 0. The molecule has 1 saturated heterocycles. The van der Waals surface area contributed by atoms with E-state index < -0.39 is 0 Å². The van der Waals surface area contributed by atoms with E-state index in [0.717, 1.165) is 19.6 Å². The van der Waals surface area contributed by atoms with Gasteiger partial charge in [0.05, 0.1) is 13.2 Å². The lowest BCUT2D eigenvalue weighted by atomic mass is 9.97. The number of hydrogen-bond donors (Lipinski definition) is 2. The number of hydrogen-bond acceptors (Lipinski definition) is 1. The van der Waals surface area contributed by atoms with Crippen molar-refractivity contribution in [2.24, 2.45) is 0 Å². The zero-order valence-electron chi connectivity index (χ0n) is 12.7. The van der Waals surface area contributed by atoms with Crippen molar-refractivity contribution >= 4 is 0 Å². The van der Waals surface area contributed by atoms with Crippen LogP contribution in [-0.2, 0) is 11.2 Å². The van der Waals surface area contributed by atoms with E-state index in [2.05, 4.69) is 31.2 Å². The number of quaternary nitrogens is 2. The molecule has 2 aliphatic rings. The summed E-state index contributed by atoms with van der Waals surface area (Å²) in [4.78, 5) is 3.52. The van der Waals surface area contributed by atoms with Gasteiger partial charge in [-0.05, 0) is 24.0 Å². The summed E-state index contributed by atoms with van der Waals surface area (Å²) in [7, 11) is 0. The second-order valence-corrected chi connectivity index (χ2v) is 6.26. The SMILES string of the molecule is CCC[NH+]1CC[NH+](C[C@H]2OCCc3ccccc32)CC1. The number of nitrogens with one attached hydrogen (secondary N) is 2. The Balaban J connectivity index is 1.57. The molecule has 3 heteroatoms. The molecule has 2 N–H and O–H groups in total. The van der Waals surface area contributed by atoms with Gasteiger partial charge in [-0.3, -0.25) is 0 Å². The zero-order valence-corrected chi connectivity index (χ0v) is 12.7. The smallest absolute Gasteiger partial charge is 0.132 e. The average molecular weight is 276 g/mol. The van der Waals surface area contributed by atoms with Crippen LogP contribution in [0.2, 0.25) is 0 Å². The molecule has 110 valence electrons. The van der Waals surface area contributed by atoms with Gasteiger partial charge < -0.3 is 14.5 Å². The summed E-state index contributed by atoms with van der Waals surface area (Å²) in [6.45, 7) is 10.9. The first-order valence-electron chi connectivity index (χ1n) is 8.23. The maximum Gasteiger partial charge on any atom is 0.132 e. The van der Waals surface area contributed by atoms with Crippen LogP contribution in [0.5, 0.6) is 0 Å². The van der Waals surface area contributed by atoms with Crippen LogP contribution in [0.3, 0.4) is 0 Å². The first-order valence-corrected chi connectivity index (χ1v) is 8.23. The molecule has 3 rings (SSSR count). The van der Waals surface area contributed by atoms with Crippen LogP contribution in [0.15, 0.2) is 24.3 Å². The van der Waals surface area contributed by atoms with Crippen molar-refractivity contribution in [2.75, 3.05) is 45.9 Å². The van der Waals surface area contributed by atoms with Gasteiger partial charge in [0.25, 0.3) is 0 Å². The van der Waals surface area contributed by atoms with Crippen LogP contribution in [-0.4, -0.2) is 45.9 Å². The summed E-state index contributed by atoms with van der Waals surface area (Å²) < 4.78 is 6.05. The molecule has 3 nitrogen and oxygen atoms in total. The van der Waals surface area contributed by atoms with Gasteiger partial charge in [0.15, 0.2) is 0 Å². The average Bonchev–Trinajstić information content (AvgIpc) is 2.50. The summed E-state index contributed by atoms with van der Waals surface area (Å²) in [6, 6.07) is 8.83. The van der Waals surface area contributed by atoms with E-state index in [1.807, 2.05) is 0 Å². The standard InChI is InChI=1S/C17H26N2O/c1-2-8-18-9-11-19(12-10-18)14-17-16-6-4-3-5-15(16)7-13-20-17/h3-6,17H,2,7-14H2,1H3/p+2/t17-/m1/s1. The van der Waals surface area contributed by atoms with Gasteiger partial charge in [-0.15, -0.1) is 0 Å². The van der Waals surface area contributed by atoms with Gasteiger partial charge in [0.2, 0.25) is 0 Å². The number of fused-ring (bicyclic) bond motifs is 1. The van der Waals surface area contributed by atoms with Crippen LogP contribution in [0.4, 0.5) is 0 Å². The molecule has 0 saturated carbocycles. The second kappa shape index (κ2) is 6.70. The fourth-order valence-corrected chi connectivity index (χ4v) is 3.67. The van der Waals surface area contributed by atoms with E-state index in [4.69, 9.17) is 4.74 Å². The van der Waals surface area contributed by atoms with Crippen molar-refractivity contribution in [3.05, 3.63) is 35.4 Å². The van der Waals surface area contributed by atoms with Gasteiger partial charge >= 0.3 is 0 Å². The zero-order chi connectivity index (χ0) is 13.8. The monoisotopic (exact) mass is 276 g/mol. The van der Waals surface area contributed by atoms with Crippen molar-refractivity contribution in [1.29, 1.82) is 0 Å². The van der Waals surface area contributed by atoms with Gasteiger partial charge in [-0.25, -0.2) is 0 Å². The van der Waals surface area contributed by atoms with Crippen molar-refractivity contribution in [1.82, 2.24) is 0 Å². The number of rotatable bonds is 4. The molecule has 1 fully saturated rings. The predicted molar refractivity (Wildman–Crippen MR) is 80.3 cm³/mol. The quantitative estimate of drug-likeness (QED) is 0.758. The van der Waals surface area contributed by atoms with E-state index in [-0.39, 0.29) is 0 Å². The van der Waals surface area contributed by atoms with Crippen LogP contribution >= 0.6 is 0 Å². The number of benzene rings is 1. The number of piperazine rings is 1. The third kappa shape index (κ3) is 3.22. The molecule has 0 aliphatic carbocycles. The minimum Gasteiger partial charge on any atom is -0.367 e. The molecule has 0 aromatic heterocycles. The molecule has 0 radical (unpaired) electrons. The van der Waals surface area contributed by atoms with Crippen molar-refractivity contribution in [2.45, 2.75) is 25.9 Å². The third-order valence-corrected chi connectivity index (χ3v) is 4.83. The lowest BCUT2D eigenvalue weighted by Crippen LogP contribution is -3.28. The van der Waals surface area contributed by atoms with Crippen LogP contribution in [0.1, 0.15) is 30.6 Å². The van der Waals surface area contributed by atoms with Crippen molar-refractivity contribution < 1.29 is 14.5 Å². The first kappa shape index (κ1) is 14.1. The summed E-state index contributed by atoms with van der Waals surface area (Å²) in [5, 5.41) is 0. The lowest BCUT2D eigenvalue weighted by molar-refractivity contribution is -1.01. The Hall–Kier alpha value is -0.900. The Labute approximate surface area is 122 Å². The molecule has 1 aromatic rings. The highest BCUT2D eigenvalue weighted by Gasteiger charge is 2.28. The largest absolute Gasteiger partial charge is 0.367 e. The molecule has 0 unspecified atom stereocenters. The van der Waals surface area contributed by atoms with Gasteiger partial charge in [0.1, 0.15) is 38.8 Å². The Morgan fingerprint density at radius 3 is 2.65 bits per heavy atom. The maximum absolute atomic E-state index is 6.05. The normalized spacial score (nSPS) is 29.9. The van der Waals surface area contributed by atoms with E-state index in [1.165, 1.54) is 50.3 Å². The highest BCUT2D eigenvalue weighted by molar-refractivity contribution is 5.30. The Kier molecular flexibility index (Phi) is 4.71. The second-order valence-electron chi connectivity index (χ2n) is 6.26. The molecule has 0 spiro atoms. The van der Waals surface area contributed by atoms with Crippen LogP contribution in [0, 0.1) is 0 Å². The Morgan fingerprint density at radius 1 is 1.10 bits per heavy atom. The maximum atomic E-state index is 6.05. The van der Waals surface area contributed by atoms with Gasteiger partial charge in [-0.2, -0.15) is 0 Å².